The molecule has 0 radical (unpaired) electrons. The van der Waals surface area contributed by atoms with E-state index in [0.717, 1.165) is 0 Å². The lowest BCUT2D eigenvalue weighted by atomic mass is 10.2. The van der Waals surface area contributed by atoms with Gasteiger partial charge in [-0.25, -0.2) is 0 Å². The van der Waals surface area contributed by atoms with E-state index < -0.39 is 0 Å². The van der Waals surface area contributed by atoms with Crippen LogP contribution in [-0.2, 0) is 11.3 Å². The molecular formula is C12H10N4OS. The highest BCUT2D eigenvalue weighted by molar-refractivity contribution is 7.06. The Hall–Kier alpha value is -2.39. The lowest BCUT2D eigenvalue weighted by Gasteiger charge is -2.05. The number of hydrogen-bond acceptors (Lipinski definition) is 4. The van der Waals surface area contributed by atoms with Gasteiger partial charge in [0.15, 0.2) is 4.80 Å². The van der Waals surface area contributed by atoms with Crippen molar-refractivity contribution in [3.05, 3.63) is 46.2 Å². The Balaban J connectivity index is 2.01. The molecule has 1 heterocycles. The van der Waals surface area contributed by atoms with Crippen molar-refractivity contribution in [3.63, 3.8) is 0 Å². The van der Waals surface area contributed by atoms with Crippen molar-refractivity contribution in [3.8, 4) is 6.07 Å². The summed E-state index contributed by atoms with van der Waals surface area (Å²) in [5.74, 6) is -0.198. The van der Waals surface area contributed by atoms with Gasteiger partial charge in [0.1, 0.15) is 6.54 Å². The van der Waals surface area contributed by atoms with Gasteiger partial charge in [-0.3, -0.25) is 10.2 Å². The summed E-state index contributed by atoms with van der Waals surface area (Å²) in [5.41, 5.74) is 1.19. The first-order valence-electron chi connectivity index (χ1n) is 5.17. The predicted octanol–water partition coefficient (Wildman–Crippen LogP) is 1.54. The van der Waals surface area contributed by atoms with E-state index in [4.69, 9.17) is 10.7 Å². The van der Waals surface area contributed by atoms with Crippen molar-refractivity contribution in [2.45, 2.75) is 6.54 Å². The highest BCUT2D eigenvalue weighted by atomic mass is 32.1. The first-order chi connectivity index (χ1) is 8.69. The first kappa shape index (κ1) is 12.1. The molecule has 0 aliphatic rings. The Morgan fingerprint density at radius 3 is 2.72 bits per heavy atom. The van der Waals surface area contributed by atoms with Crippen LogP contribution in [0.2, 0.25) is 0 Å². The monoisotopic (exact) mass is 258 g/mol. The molecule has 90 valence electrons. The van der Waals surface area contributed by atoms with E-state index in [1.165, 1.54) is 11.3 Å². The lowest BCUT2D eigenvalue weighted by Crippen LogP contribution is -2.23. The van der Waals surface area contributed by atoms with Crippen LogP contribution < -0.4 is 10.1 Å². The fraction of sp³-hybridized carbons (Fsp3) is 0.0833. The summed E-state index contributed by atoms with van der Waals surface area (Å²) in [6, 6.07) is 8.65. The molecule has 1 aromatic heterocycles. The third kappa shape index (κ3) is 2.84. The van der Waals surface area contributed by atoms with E-state index in [-0.39, 0.29) is 12.5 Å². The number of nitrogens with zero attached hydrogens (tertiary/aromatic N) is 2. The normalized spacial score (nSPS) is 9.72. The van der Waals surface area contributed by atoms with Crippen LogP contribution in [-0.4, -0.2) is 10.5 Å². The largest absolute Gasteiger partial charge is 0.325 e. The summed E-state index contributed by atoms with van der Waals surface area (Å²) in [4.78, 5) is 12.0. The molecule has 2 rings (SSSR count). The fourth-order valence-electron chi connectivity index (χ4n) is 1.41. The number of rotatable bonds is 3. The minimum atomic E-state index is -0.198. The maximum absolute atomic E-state index is 11.7. The van der Waals surface area contributed by atoms with Crippen LogP contribution in [0.25, 0.3) is 0 Å². The first-order valence-corrected chi connectivity index (χ1v) is 6.05. The Kier molecular flexibility index (Phi) is 3.55. The van der Waals surface area contributed by atoms with E-state index in [0.29, 0.717) is 16.1 Å². The molecule has 1 aromatic carbocycles. The molecule has 0 atom stereocenters. The van der Waals surface area contributed by atoms with Crippen LogP contribution in [0.3, 0.4) is 0 Å². The average Bonchev–Trinajstić information content (AvgIpc) is 2.76. The van der Waals surface area contributed by atoms with E-state index in [9.17, 15) is 4.79 Å². The van der Waals surface area contributed by atoms with Crippen molar-refractivity contribution >= 4 is 22.9 Å². The summed E-state index contributed by atoms with van der Waals surface area (Å²) < 4.78 is 1.56. The third-order valence-corrected chi connectivity index (χ3v) is 3.01. The number of aromatic nitrogens is 1. The van der Waals surface area contributed by atoms with Gasteiger partial charge in [-0.15, -0.1) is 11.3 Å². The molecule has 0 unspecified atom stereocenters. The van der Waals surface area contributed by atoms with Crippen molar-refractivity contribution < 1.29 is 4.79 Å². The van der Waals surface area contributed by atoms with E-state index in [1.807, 2.05) is 6.07 Å². The molecule has 0 aliphatic carbocycles. The van der Waals surface area contributed by atoms with Gasteiger partial charge in [-0.1, -0.05) is 0 Å². The quantitative estimate of drug-likeness (QED) is 0.875. The van der Waals surface area contributed by atoms with Crippen LogP contribution in [0, 0.1) is 16.7 Å². The van der Waals surface area contributed by atoms with Crippen LogP contribution in [0.15, 0.2) is 35.8 Å². The van der Waals surface area contributed by atoms with Gasteiger partial charge >= 0.3 is 0 Å². The fourth-order valence-corrected chi connectivity index (χ4v) is 2.01. The number of anilines is 1. The Morgan fingerprint density at radius 1 is 1.44 bits per heavy atom. The van der Waals surface area contributed by atoms with Crippen LogP contribution in [0.5, 0.6) is 0 Å². The minimum Gasteiger partial charge on any atom is -0.325 e. The van der Waals surface area contributed by atoms with Crippen LogP contribution >= 0.6 is 11.3 Å². The van der Waals surface area contributed by atoms with Gasteiger partial charge in [0, 0.05) is 17.3 Å². The molecule has 2 aromatic rings. The Morgan fingerprint density at radius 2 is 2.17 bits per heavy atom. The molecule has 0 saturated heterocycles. The maximum Gasteiger partial charge on any atom is 0.244 e. The van der Waals surface area contributed by atoms with E-state index in [2.05, 4.69) is 5.32 Å². The van der Waals surface area contributed by atoms with E-state index >= 15 is 0 Å². The topological polar surface area (TPSA) is 81.7 Å². The summed E-state index contributed by atoms with van der Waals surface area (Å²) in [6.45, 7) is 0.113. The smallest absolute Gasteiger partial charge is 0.244 e. The molecule has 0 aliphatic heterocycles. The van der Waals surface area contributed by atoms with Crippen molar-refractivity contribution in [2.24, 2.45) is 0 Å². The number of carbonyl (C=O) groups excluding carboxylic acids is 1. The lowest BCUT2D eigenvalue weighted by molar-refractivity contribution is -0.116. The second kappa shape index (κ2) is 5.29. The van der Waals surface area contributed by atoms with Crippen LogP contribution in [0.1, 0.15) is 5.56 Å². The van der Waals surface area contributed by atoms with E-state index in [1.54, 1.807) is 40.4 Å². The maximum atomic E-state index is 11.7. The Bertz CT molecular complexity index is 648. The van der Waals surface area contributed by atoms with Gasteiger partial charge in [0.05, 0.1) is 11.6 Å². The Labute approximate surface area is 107 Å². The summed E-state index contributed by atoms with van der Waals surface area (Å²) in [7, 11) is 0. The number of nitrogens with one attached hydrogen (secondary N) is 2. The van der Waals surface area contributed by atoms with Crippen LogP contribution in [0.4, 0.5) is 5.69 Å². The van der Waals surface area contributed by atoms with Gasteiger partial charge in [0.2, 0.25) is 5.91 Å². The van der Waals surface area contributed by atoms with Gasteiger partial charge in [0.25, 0.3) is 0 Å². The predicted molar refractivity (Wildman–Crippen MR) is 68.0 cm³/mol. The summed E-state index contributed by atoms with van der Waals surface area (Å²) in [5, 5.41) is 20.7. The second-order valence-electron chi connectivity index (χ2n) is 3.57. The van der Waals surface area contributed by atoms with Gasteiger partial charge in [-0.05, 0) is 24.3 Å². The zero-order chi connectivity index (χ0) is 13.0. The average molecular weight is 258 g/mol. The number of carbonyl (C=O) groups is 1. The highest BCUT2D eigenvalue weighted by Gasteiger charge is 2.04. The number of benzene rings is 1. The number of nitriles is 1. The molecule has 0 bridgehead atoms. The highest BCUT2D eigenvalue weighted by Crippen LogP contribution is 2.08. The summed E-state index contributed by atoms with van der Waals surface area (Å²) in [6.07, 6.45) is 1.70. The molecule has 5 nitrogen and oxygen atoms in total. The number of amides is 1. The van der Waals surface area contributed by atoms with Gasteiger partial charge < -0.3 is 9.88 Å². The molecular weight excluding hydrogens is 248 g/mol. The minimum absolute atomic E-state index is 0.113. The van der Waals surface area contributed by atoms with Gasteiger partial charge in [-0.2, -0.15) is 5.26 Å². The summed E-state index contributed by atoms with van der Waals surface area (Å²) >= 11 is 1.27. The SMILES string of the molecule is N#Cc1ccc(NC(=O)Cn2ccsc2=N)cc1. The molecule has 2 N–H and O–H groups in total. The standard InChI is InChI=1S/C12H10N4OS/c13-7-9-1-3-10(4-2-9)15-11(17)8-16-5-6-18-12(16)14/h1-6,14H,8H2,(H,15,17). The second-order valence-corrected chi connectivity index (χ2v) is 4.47. The molecule has 0 saturated carbocycles. The van der Waals surface area contributed by atoms with Crippen molar-refractivity contribution in [1.29, 1.82) is 10.7 Å². The molecule has 1 amide bonds. The number of hydrogen-bond donors (Lipinski definition) is 2. The van der Waals surface area contributed by atoms with Crippen molar-refractivity contribution in [2.75, 3.05) is 5.32 Å². The zero-order valence-electron chi connectivity index (χ0n) is 9.38. The molecule has 18 heavy (non-hydrogen) atoms. The third-order valence-electron chi connectivity index (χ3n) is 2.29. The molecule has 6 heteroatoms. The molecule has 0 fully saturated rings. The zero-order valence-corrected chi connectivity index (χ0v) is 10.2. The van der Waals surface area contributed by atoms with Crippen molar-refractivity contribution in [1.82, 2.24) is 4.57 Å². The molecule has 0 spiro atoms. The number of thiazole rings is 1.